The molecule has 0 amide bonds. The molecule has 0 aliphatic carbocycles. The lowest BCUT2D eigenvalue weighted by molar-refractivity contribution is -0.138. The zero-order valence-corrected chi connectivity index (χ0v) is 13.7. The van der Waals surface area contributed by atoms with E-state index in [0.717, 1.165) is 25.3 Å². The monoisotopic (exact) mass is 326 g/mol. The molecule has 0 saturated carbocycles. The normalized spacial score (nSPS) is 21.5. The van der Waals surface area contributed by atoms with Gasteiger partial charge in [-0.25, -0.2) is 0 Å². The van der Waals surface area contributed by atoms with Crippen LogP contribution in [0.25, 0.3) is 6.08 Å². The molecule has 24 heavy (non-hydrogen) atoms. The summed E-state index contributed by atoms with van der Waals surface area (Å²) in [6, 6.07) is 10.2. The van der Waals surface area contributed by atoms with Crippen LogP contribution in [0.3, 0.4) is 0 Å². The Morgan fingerprint density at radius 3 is 2.79 bits per heavy atom. The second-order valence-corrected chi connectivity index (χ2v) is 6.31. The molecule has 2 atom stereocenters. The van der Waals surface area contributed by atoms with Gasteiger partial charge in [0, 0.05) is 38.8 Å². The Labute approximate surface area is 141 Å². The first kappa shape index (κ1) is 16.4. The number of carboxylic acids is 1. The van der Waals surface area contributed by atoms with E-state index in [1.807, 2.05) is 31.4 Å². The summed E-state index contributed by atoms with van der Waals surface area (Å²) in [5.74, 6) is -0.556. The van der Waals surface area contributed by atoms with Gasteiger partial charge in [0.15, 0.2) is 0 Å². The molecule has 126 valence electrons. The van der Waals surface area contributed by atoms with Crippen molar-refractivity contribution in [2.24, 2.45) is 13.0 Å². The molecule has 1 aromatic heterocycles. The molecule has 2 aromatic rings. The number of aliphatic carboxylic acids is 1. The molecular weight excluding hydrogens is 304 g/mol. The summed E-state index contributed by atoms with van der Waals surface area (Å²) in [5, 5.41) is 17.4. The van der Waals surface area contributed by atoms with Crippen LogP contribution in [0.1, 0.15) is 23.6 Å². The van der Waals surface area contributed by atoms with Gasteiger partial charge in [-0.1, -0.05) is 47.7 Å². The Morgan fingerprint density at radius 1 is 1.33 bits per heavy atom. The third-order valence-corrected chi connectivity index (χ3v) is 4.43. The summed E-state index contributed by atoms with van der Waals surface area (Å²) in [6.45, 7) is 2.39. The summed E-state index contributed by atoms with van der Waals surface area (Å²) in [7, 11) is 1.83. The number of rotatable bonds is 6. The highest BCUT2D eigenvalue weighted by Crippen LogP contribution is 2.33. The molecule has 0 bridgehead atoms. The third kappa shape index (κ3) is 4.08. The third-order valence-electron chi connectivity index (χ3n) is 4.43. The highest BCUT2D eigenvalue weighted by Gasteiger charge is 2.36. The van der Waals surface area contributed by atoms with Gasteiger partial charge in [-0.05, 0) is 11.5 Å². The van der Waals surface area contributed by atoms with Crippen LogP contribution in [-0.4, -0.2) is 50.6 Å². The number of carboxylic acid groups (broad SMARTS) is 1. The number of hydrogen-bond donors (Lipinski definition) is 1. The molecule has 1 aliphatic heterocycles. The van der Waals surface area contributed by atoms with E-state index in [1.165, 1.54) is 5.56 Å². The standard InChI is InChI=1S/C18H22N4O2/c1-21-13-17(19-20-21)16-12-22(11-15(16)10-18(23)24)9-5-8-14-6-3-2-4-7-14/h2-8,13,15-16H,9-12H2,1H3,(H,23,24)/b8-5+/t15-,16+/m0/s1. The number of aromatic nitrogens is 3. The van der Waals surface area contributed by atoms with Gasteiger partial charge in [0.05, 0.1) is 12.1 Å². The van der Waals surface area contributed by atoms with E-state index in [0.29, 0.717) is 0 Å². The van der Waals surface area contributed by atoms with E-state index >= 15 is 0 Å². The van der Waals surface area contributed by atoms with Crippen LogP contribution >= 0.6 is 0 Å². The van der Waals surface area contributed by atoms with Gasteiger partial charge in [-0.3, -0.25) is 14.4 Å². The van der Waals surface area contributed by atoms with Crippen LogP contribution in [-0.2, 0) is 11.8 Å². The maximum Gasteiger partial charge on any atom is 0.303 e. The summed E-state index contributed by atoms with van der Waals surface area (Å²) in [6.07, 6.45) is 6.29. The highest BCUT2D eigenvalue weighted by molar-refractivity contribution is 5.67. The van der Waals surface area contributed by atoms with Gasteiger partial charge in [-0.2, -0.15) is 0 Å². The minimum atomic E-state index is -0.754. The van der Waals surface area contributed by atoms with Crippen LogP contribution in [0, 0.1) is 5.92 Å². The minimum absolute atomic E-state index is 0.0734. The zero-order valence-electron chi connectivity index (χ0n) is 13.7. The molecule has 6 nitrogen and oxygen atoms in total. The maximum absolute atomic E-state index is 11.2. The quantitative estimate of drug-likeness (QED) is 0.879. The Morgan fingerprint density at radius 2 is 2.12 bits per heavy atom. The number of aryl methyl sites for hydroxylation is 1. The molecular formula is C18H22N4O2. The first-order valence-corrected chi connectivity index (χ1v) is 8.14. The van der Waals surface area contributed by atoms with Crippen molar-refractivity contribution in [3.05, 3.63) is 53.9 Å². The Balaban J connectivity index is 1.65. The van der Waals surface area contributed by atoms with E-state index in [9.17, 15) is 9.90 Å². The van der Waals surface area contributed by atoms with Crippen molar-refractivity contribution in [2.45, 2.75) is 12.3 Å². The predicted molar refractivity (Wildman–Crippen MR) is 91.4 cm³/mol. The van der Waals surface area contributed by atoms with Crippen LogP contribution in [0.15, 0.2) is 42.6 Å². The molecule has 2 heterocycles. The van der Waals surface area contributed by atoms with Crippen LogP contribution in [0.2, 0.25) is 0 Å². The van der Waals surface area contributed by atoms with E-state index in [2.05, 4.69) is 39.5 Å². The lowest BCUT2D eigenvalue weighted by Crippen LogP contribution is -2.21. The van der Waals surface area contributed by atoms with Crippen LogP contribution < -0.4 is 0 Å². The molecule has 0 unspecified atom stereocenters. The van der Waals surface area contributed by atoms with Gasteiger partial charge >= 0.3 is 5.97 Å². The number of likely N-dealkylation sites (tertiary alicyclic amines) is 1. The van der Waals surface area contributed by atoms with Gasteiger partial charge in [-0.15, -0.1) is 5.10 Å². The van der Waals surface area contributed by atoms with Crippen molar-refractivity contribution >= 4 is 12.0 Å². The van der Waals surface area contributed by atoms with Crippen LogP contribution in [0.5, 0.6) is 0 Å². The summed E-state index contributed by atoms with van der Waals surface area (Å²) in [4.78, 5) is 13.5. The Bertz CT molecular complexity index is 711. The highest BCUT2D eigenvalue weighted by atomic mass is 16.4. The second kappa shape index (κ2) is 7.40. The average molecular weight is 326 g/mol. The largest absolute Gasteiger partial charge is 0.481 e. The molecule has 1 saturated heterocycles. The summed E-state index contributed by atoms with van der Waals surface area (Å²) in [5.41, 5.74) is 2.06. The summed E-state index contributed by atoms with van der Waals surface area (Å²) >= 11 is 0. The molecule has 1 N–H and O–H groups in total. The van der Waals surface area contributed by atoms with Crippen molar-refractivity contribution < 1.29 is 9.90 Å². The lowest BCUT2D eigenvalue weighted by atomic mass is 9.91. The first-order valence-electron chi connectivity index (χ1n) is 8.14. The van der Waals surface area contributed by atoms with Gasteiger partial charge < -0.3 is 5.11 Å². The van der Waals surface area contributed by atoms with Gasteiger partial charge in [0.1, 0.15) is 0 Å². The van der Waals surface area contributed by atoms with Crippen molar-refractivity contribution in [1.82, 2.24) is 19.9 Å². The SMILES string of the molecule is Cn1cc([C@@H]2CN(C/C=C/c3ccccc3)C[C@@H]2CC(=O)O)nn1. The molecule has 1 aromatic carbocycles. The van der Waals surface area contributed by atoms with Crippen molar-refractivity contribution in [2.75, 3.05) is 19.6 Å². The Hall–Kier alpha value is -2.47. The predicted octanol–water partition coefficient (Wildman–Crippen LogP) is 2.02. The molecule has 0 spiro atoms. The molecule has 6 heteroatoms. The van der Waals surface area contributed by atoms with E-state index in [1.54, 1.807) is 4.68 Å². The van der Waals surface area contributed by atoms with Crippen molar-refractivity contribution in [1.29, 1.82) is 0 Å². The number of nitrogens with zero attached hydrogens (tertiary/aromatic N) is 4. The summed E-state index contributed by atoms with van der Waals surface area (Å²) < 4.78 is 1.67. The minimum Gasteiger partial charge on any atom is -0.481 e. The van der Waals surface area contributed by atoms with Gasteiger partial charge in [0.2, 0.25) is 0 Å². The molecule has 1 aliphatic rings. The number of carbonyl (C=O) groups is 1. The first-order chi connectivity index (χ1) is 11.6. The lowest BCUT2D eigenvalue weighted by Gasteiger charge is -2.13. The zero-order chi connectivity index (χ0) is 16.9. The van der Waals surface area contributed by atoms with E-state index < -0.39 is 5.97 Å². The maximum atomic E-state index is 11.2. The molecule has 3 rings (SSSR count). The van der Waals surface area contributed by atoms with Crippen LogP contribution in [0.4, 0.5) is 0 Å². The van der Waals surface area contributed by atoms with Crippen molar-refractivity contribution in [3.63, 3.8) is 0 Å². The fourth-order valence-electron chi connectivity index (χ4n) is 3.31. The second-order valence-electron chi connectivity index (χ2n) is 6.31. The van der Waals surface area contributed by atoms with E-state index in [4.69, 9.17) is 0 Å². The fourth-order valence-corrected chi connectivity index (χ4v) is 3.31. The molecule has 0 radical (unpaired) electrons. The number of benzene rings is 1. The topological polar surface area (TPSA) is 71.2 Å². The van der Waals surface area contributed by atoms with Crippen molar-refractivity contribution in [3.8, 4) is 0 Å². The number of hydrogen-bond acceptors (Lipinski definition) is 4. The van der Waals surface area contributed by atoms with E-state index in [-0.39, 0.29) is 18.3 Å². The van der Waals surface area contributed by atoms with Gasteiger partial charge in [0.25, 0.3) is 0 Å². The smallest absolute Gasteiger partial charge is 0.303 e. The average Bonchev–Trinajstić information content (AvgIpc) is 3.14. The Kier molecular flexibility index (Phi) is 5.05. The molecule has 1 fully saturated rings. The fraction of sp³-hybridized carbons (Fsp3) is 0.389.